The van der Waals surface area contributed by atoms with Gasteiger partial charge in [0.05, 0.1) is 18.8 Å². The van der Waals surface area contributed by atoms with Gasteiger partial charge in [0.15, 0.2) is 0 Å². The molecule has 3 atom stereocenters. The van der Waals surface area contributed by atoms with Crippen LogP contribution in [0.3, 0.4) is 0 Å². The zero-order valence-electron chi connectivity index (χ0n) is 15.5. The summed E-state index contributed by atoms with van der Waals surface area (Å²) in [7, 11) is 0. The predicted octanol–water partition coefficient (Wildman–Crippen LogP) is 1.95. The molecule has 5 heteroatoms. The number of aromatic nitrogens is 2. The number of aryl methyl sites for hydroxylation is 1. The summed E-state index contributed by atoms with van der Waals surface area (Å²) in [5.41, 5.74) is 3.50. The van der Waals surface area contributed by atoms with Gasteiger partial charge in [-0.05, 0) is 39.0 Å². The molecule has 1 saturated heterocycles. The van der Waals surface area contributed by atoms with E-state index in [0.717, 1.165) is 36.3 Å². The Bertz CT molecular complexity index is 489. The zero-order chi connectivity index (χ0) is 17.0. The number of aliphatic hydroxyl groups excluding tert-OH is 1. The Morgan fingerprint density at radius 2 is 1.91 bits per heavy atom. The minimum absolute atomic E-state index is 0.135. The van der Waals surface area contributed by atoms with Crippen molar-refractivity contribution < 1.29 is 5.11 Å². The molecule has 132 valence electrons. The fourth-order valence-electron chi connectivity index (χ4n) is 3.97. The van der Waals surface area contributed by atoms with E-state index in [1.54, 1.807) is 0 Å². The molecule has 1 aliphatic heterocycles. The highest BCUT2D eigenvalue weighted by atomic mass is 16.3. The summed E-state index contributed by atoms with van der Waals surface area (Å²) in [4.78, 5) is 2.60. The topological polar surface area (TPSA) is 53.3 Å². The Hall–Kier alpha value is -0.910. The maximum atomic E-state index is 9.11. The molecule has 0 aliphatic carbocycles. The number of hydrogen-bond acceptors (Lipinski definition) is 4. The molecule has 0 spiro atoms. The van der Waals surface area contributed by atoms with Gasteiger partial charge in [0, 0.05) is 43.5 Å². The second kappa shape index (κ2) is 8.27. The van der Waals surface area contributed by atoms with E-state index in [4.69, 9.17) is 5.11 Å². The molecular weight excluding hydrogens is 288 g/mol. The monoisotopic (exact) mass is 322 g/mol. The van der Waals surface area contributed by atoms with Crippen LogP contribution in [0.1, 0.15) is 44.1 Å². The normalized spacial score (nSPS) is 24.1. The zero-order valence-corrected chi connectivity index (χ0v) is 15.5. The number of nitrogens with zero attached hydrogens (tertiary/aromatic N) is 3. The van der Waals surface area contributed by atoms with E-state index in [0.29, 0.717) is 12.6 Å². The lowest BCUT2D eigenvalue weighted by Crippen LogP contribution is -2.45. The number of piperidine rings is 1. The second-order valence-electron chi connectivity index (χ2n) is 7.54. The molecule has 3 unspecified atom stereocenters. The van der Waals surface area contributed by atoms with E-state index < -0.39 is 0 Å². The van der Waals surface area contributed by atoms with Gasteiger partial charge in [0.25, 0.3) is 0 Å². The summed E-state index contributed by atoms with van der Waals surface area (Å²) in [6, 6.07) is 0.465. The summed E-state index contributed by atoms with van der Waals surface area (Å²) < 4.78 is 1.91. The average molecular weight is 322 g/mol. The van der Waals surface area contributed by atoms with Crippen molar-refractivity contribution in [3.63, 3.8) is 0 Å². The molecule has 0 amide bonds. The summed E-state index contributed by atoms with van der Waals surface area (Å²) in [5.74, 6) is 1.62. The van der Waals surface area contributed by atoms with Gasteiger partial charge in [-0.15, -0.1) is 0 Å². The molecule has 2 N–H and O–H groups in total. The van der Waals surface area contributed by atoms with E-state index >= 15 is 0 Å². The van der Waals surface area contributed by atoms with Crippen LogP contribution in [-0.2, 0) is 13.1 Å². The first-order valence-corrected chi connectivity index (χ1v) is 9.00. The van der Waals surface area contributed by atoms with Gasteiger partial charge < -0.3 is 15.3 Å². The fourth-order valence-corrected chi connectivity index (χ4v) is 3.97. The first kappa shape index (κ1) is 18.4. The molecule has 23 heavy (non-hydrogen) atoms. The van der Waals surface area contributed by atoms with Crippen molar-refractivity contribution in [1.82, 2.24) is 20.0 Å². The Morgan fingerprint density at radius 3 is 2.52 bits per heavy atom. The quantitative estimate of drug-likeness (QED) is 0.806. The van der Waals surface area contributed by atoms with Gasteiger partial charge in [-0.2, -0.15) is 5.10 Å². The van der Waals surface area contributed by atoms with E-state index in [1.165, 1.54) is 25.1 Å². The Kier molecular flexibility index (Phi) is 6.62. The third-order valence-corrected chi connectivity index (χ3v) is 4.95. The molecule has 1 fully saturated rings. The van der Waals surface area contributed by atoms with Crippen LogP contribution in [0, 0.1) is 25.7 Å². The number of likely N-dealkylation sites (tertiary alicyclic amines) is 1. The lowest BCUT2D eigenvalue weighted by atomic mass is 9.92. The van der Waals surface area contributed by atoms with Crippen molar-refractivity contribution in [2.75, 3.05) is 26.2 Å². The van der Waals surface area contributed by atoms with Crippen LogP contribution in [0.2, 0.25) is 0 Å². The minimum atomic E-state index is 0.135. The van der Waals surface area contributed by atoms with E-state index in [9.17, 15) is 0 Å². The maximum absolute atomic E-state index is 9.11. The molecule has 0 bridgehead atoms. The lowest BCUT2D eigenvalue weighted by Gasteiger charge is -2.36. The van der Waals surface area contributed by atoms with Crippen molar-refractivity contribution in [2.45, 2.75) is 60.2 Å². The molecular formula is C18H34N4O. The lowest BCUT2D eigenvalue weighted by molar-refractivity contribution is 0.130. The SMILES string of the molecule is Cc1nn(CCO)c(C)c1CNC(C)CN1CC(C)CC(C)C1. The average Bonchev–Trinajstić information content (AvgIpc) is 2.70. The first-order valence-electron chi connectivity index (χ1n) is 9.00. The van der Waals surface area contributed by atoms with E-state index in [1.807, 2.05) is 4.68 Å². The van der Waals surface area contributed by atoms with Gasteiger partial charge in [0.1, 0.15) is 0 Å². The van der Waals surface area contributed by atoms with Gasteiger partial charge in [-0.3, -0.25) is 4.68 Å². The third-order valence-electron chi connectivity index (χ3n) is 4.95. The Balaban J connectivity index is 1.86. The predicted molar refractivity (Wildman–Crippen MR) is 94.5 cm³/mol. The number of rotatable bonds is 7. The van der Waals surface area contributed by atoms with Crippen LogP contribution >= 0.6 is 0 Å². The van der Waals surface area contributed by atoms with Crippen LogP contribution in [0.25, 0.3) is 0 Å². The fraction of sp³-hybridized carbons (Fsp3) is 0.833. The molecule has 0 aromatic carbocycles. The third kappa shape index (κ3) is 5.03. The highest BCUT2D eigenvalue weighted by Gasteiger charge is 2.23. The first-order chi connectivity index (χ1) is 10.9. The molecule has 0 radical (unpaired) electrons. The summed E-state index contributed by atoms with van der Waals surface area (Å²) >= 11 is 0. The number of hydrogen-bond donors (Lipinski definition) is 2. The van der Waals surface area contributed by atoms with Crippen molar-refractivity contribution >= 4 is 0 Å². The standard InChI is InChI=1S/C18H34N4O/c1-13-8-14(2)11-21(10-13)12-15(3)19-9-18-16(4)20-22(6-7-23)17(18)5/h13-15,19,23H,6-12H2,1-5H3. The molecule has 2 rings (SSSR count). The van der Waals surface area contributed by atoms with E-state index in [-0.39, 0.29) is 6.61 Å². The molecule has 0 saturated carbocycles. The van der Waals surface area contributed by atoms with Crippen molar-refractivity contribution in [3.05, 3.63) is 17.0 Å². The van der Waals surface area contributed by atoms with Gasteiger partial charge in [0.2, 0.25) is 0 Å². The largest absolute Gasteiger partial charge is 0.394 e. The summed E-state index contributed by atoms with van der Waals surface area (Å²) in [6.07, 6.45) is 1.36. The van der Waals surface area contributed by atoms with Crippen molar-refractivity contribution in [1.29, 1.82) is 0 Å². The maximum Gasteiger partial charge on any atom is 0.0644 e. The van der Waals surface area contributed by atoms with Crippen LogP contribution in [0.15, 0.2) is 0 Å². The Labute approximate surface area is 141 Å². The van der Waals surface area contributed by atoms with Crippen LogP contribution in [-0.4, -0.2) is 52.1 Å². The van der Waals surface area contributed by atoms with Gasteiger partial charge in [-0.25, -0.2) is 0 Å². The summed E-state index contributed by atoms with van der Waals surface area (Å²) in [6.45, 7) is 16.3. The highest BCUT2D eigenvalue weighted by Crippen LogP contribution is 2.21. The molecule has 1 aromatic rings. The molecule has 2 heterocycles. The number of aliphatic hydroxyl groups is 1. The van der Waals surface area contributed by atoms with Crippen molar-refractivity contribution in [2.24, 2.45) is 11.8 Å². The van der Waals surface area contributed by atoms with Crippen molar-refractivity contribution in [3.8, 4) is 0 Å². The van der Waals surface area contributed by atoms with Crippen LogP contribution in [0.5, 0.6) is 0 Å². The van der Waals surface area contributed by atoms with Crippen LogP contribution < -0.4 is 5.32 Å². The molecule has 1 aliphatic rings. The van der Waals surface area contributed by atoms with Gasteiger partial charge >= 0.3 is 0 Å². The smallest absolute Gasteiger partial charge is 0.0644 e. The summed E-state index contributed by atoms with van der Waals surface area (Å²) in [5, 5.41) is 17.3. The van der Waals surface area contributed by atoms with Gasteiger partial charge in [-0.1, -0.05) is 13.8 Å². The highest BCUT2D eigenvalue weighted by molar-refractivity contribution is 5.24. The second-order valence-corrected chi connectivity index (χ2v) is 7.54. The van der Waals surface area contributed by atoms with E-state index in [2.05, 4.69) is 49.9 Å². The number of nitrogens with one attached hydrogen (secondary N) is 1. The minimum Gasteiger partial charge on any atom is -0.394 e. The Morgan fingerprint density at radius 1 is 1.26 bits per heavy atom. The van der Waals surface area contributed by atoms with Crippen LogP contribution in [0.4, 0.5) is 0 Å². The molecule has 1 aromatic heterocycles. The molecule has 5 nitrogen and oxygen atoms in total.